The Bertz CT molecular complexity index is 983. The van der Waals surface area contributed by atoms with Gasteiger partial charge in [0.1, 0.15) is 5.82 Å². The molecule has 0 atom stereocenters. The van der Waals surface area contributed by atoms with E-state index in [2.05, 4.69) is 20.7 Å². The summed E-state index contributed by atoms with van der Waals surface area (Å²) in [6.07, 6.45) is 3.25. The first kappa shape index (κ1) is 18.5. The van der Waals surface area contributed by atoms with Gasteiger partial charge in [0.05, 0.1) is 31.0 Å². The zero-order valence-electron chi connectivity index (χ0n) is 15.1. The van der Waals surface area contributed by atoms with Crippen LogP contribution in [0.3, 0.4) is 0 Å². The quantitative estimate of drug-likeness (QED) is 0.698. The Kier molecular flexibility index (Phi) is 5.44. The van der Waals surface area contributed by atoms with E-state index >= 15 is 0 Å². The monoisotopic (exact) mass is 369 g/mol. The second kappa shape index (κ2) is 7.94. The van der Waals surface area contributed by atoms with Crippen molar-refractivity contribution < 1.29 is 14.0 Å². The molecule has 140 valence electrons. The van der Waals surface area contributed by atoms with E-state index in [4.69, 9.17) is 0 Å². The lowest BCUT2D eigenvalue weighted by molar-refractivity contribution is -0.123. The molecule has 27 heavy (non-hydrogen) atoms. The van der Waals surface area contributed by atoms with Crippen LogP contribution in [0.15, 0.2) is 42.7 Å². The number of anilines is 1. The zero-order chi connectivity index (χ0) is 19.4. The average molecular weight is 369 g/mol. The number of nitrogens with one attached hydrogen (secondary N) is 2. The number of hydrogen-bond acceptors (Lipinski definition) is 4. The van der Waals surface area contributed by atoms with Gasteiger partial charge >= 0.3 is 0 Å². The first-order valence-corrected chi connectivity index (χ1v) is 8.56. The molecule has 0 aliphatic heterocycles. The lowest BCUT2D eigenvalue weighted by Crippen LogP contribution is -2.33. The maximum atomic E-state index is 13.1. The molecule has 1 aromatic carbocycles. The maximum Gasteiger partial charge on any atom is 0.243 e. The first-order chi connectivity index (χ1) is 12.9. The standard InChI is InChI=1S/C19H20FN5O2/c1-12(2)25-19-14(9-23-25)8-16(10-22-19)24-18(27)11-21-17(26)7-13-4-3-5-15(20)6-13/h3-6,8-10,12H,7,11H2,1-2H3,(H,21,26)(H,24,27). The third-order valence-electron chi connectivity index (χ3n) is 3.91. The maximum absolute atomic E-state index is 13.1. The molecule has 2 amide bonds. The number of carbonyl (C=O) groups is 2. The van der Waals surface area contributed by atoms with Gasteiger partial charge in [-0.2, -0.15) is 5.10 Å². The van der Waals surface area contributed by atoms with Crippen molar-refractivity contribution in [2.75, 3.05) is 11.9 Å². The summed E-state index contributed by atoms with van der Waals surface area (Å²) in [7, 11) is 0. The van der Waals surface area contributed by atoms with Crippen LogP contribution in [0, 0.1) is 5.82 Å². The van der Waals surface area contributed by atoms with E-state index in [1.165, 1.54) is 18.2 Å². The van der Waals surface area contributed by atoms with Gasteiger partial charge in [0.15, 0.2) is 5.65 Å². The third-order valence-corrected chi connectivity index (χ3v) is 3.91. The molecule has 2 N–H and O–H groups in total. The van der Waals surface area contributed by atoms with Crippen molar-refractivity contribution in [3.63, 3.8) is 0 Å². The molecule has 0 aliphatic rings. The lowest BCUT2D eigenvalue weighted by Gasteiger charge is -2.08. The Hall–Kier alpha value is -3.29. The Morgan fingerprint density at radius 1 is 1.19 bits per heavy atom. The van der Waals surface area contributed by atoms with Gasteiger partial charge in [-0.1, -0.05) is 12.1 Å². The van der Waals surface area contributed by atoms with Crippen LogP contribution in [0.25, 0.3) is 11.0 Å². The Morgan fingerprint density at radius 3 is 2.74 bits per heavy atom. The molecular weight excluding hydrogens is 349 g/mol. The van der Waals surface area contributed by atoms with E-state index in [0.29, 0.717) is 11.3 Å². The van der Waals surface area contributed by atoms with E-state index in [0.717, 1.165) is 11.0 Å². The number of fused-ring (bicyclic) bond motifs is 1. The number of amides is 2. The van der Waals surface area contributed by atoms with Crippen molar-refractivity contribution in [3.8, 4) is 0 Å². The fourth-order valence-corrected chi connectivity index (χ4v) is 2.67. The van der Waals surface area contributed by atoms with Crippen LogP contribution in [-0.2, 0) is 16.0 Å². The minimum absolute atomic E-state index is 0.00689. The molecule has 0 saturated heterocycles. The van der Waals surface area contributed by atoms with Crippen molar-refractivity contribution in [1.82, 2.24) is 20.1 Å². The highest BCUT2D eigenvalue weighted by atomic mass is 19.1. The van der Waals surface area contributed by atoms with Gasteiger partial charge in [-0.25, -0.2) is 14.1 Å². The van der Waals surface area contributed by atoms with Crippen molar-refractivity contribution >= 4 is 28.5 Å². The number of carbonyl (C=O) groups excluding carboxylic acids is 2. The highest BCUT2D eigenvalue weighted by molar-refractivity contribution is 5.95. The summed E-state index contributed by atoms with van der Waals surface area (Å²) in [5.74, 6) is -1.13. The van der Waals surface area contributed by atoms with Gasteiger partial charge in [-0.15, -0.1) is 0 Å². The van der Waals surface area contributed by atoms with E-state index < -0.39 is 5.82 Å². The van der Waals surface area contributed by atoms with Crippen LogP contribution in [0.5, 0.6) is 0 Å². The predicted molar refractivity (Wildman–Crippen MR) is 99.7 cm³/mol. The largest absolute Gasteiger partial charge is 0.347 e. The highest BCUT2D eigenvalue weighted by Crippen LogP contribution is 2.18. The molecule has 0 saturated carbocycles. The molecular formula is C19H20FN5O2. The van der Waals surface area contributed by atoms with Gasteiger partial charge in [0.25, 0.3) is 0 Å². The van der Waals surface area contributed by atoms with Gasteiger partial charge in [0, 0.05) is 11.4 Å². The number of nitrogens with zero attached hydrogens (tertiary/aromatic N) is 3. The van der Waals surface area contributed by atoms with Crippen molar-refractivity contribution in [2.45, 2.75) is 26.3 Å². The summed E-state index contributed by atoms with van der Waals surface area (Å²) in [5, 5.41) is 10.3. The van der Waals surface area contributed by atoms with Crippen molar-refractivity contribution in [2.24, 2.45) is 0 Å². The summed E-state index contributed by atoms with van der Waals surface area (Å²) >= 11 is 0. The fraction of sp³-hybridized carbons (Fsp3) is 0.263. The van der Waals surface area contributed by atoms with E-state index in [1.54, 1.807) is 29.2 Å². The number of aromatic nitrogens is 3. The van der Waals surface area contributed by atoms with E-state index in [9.17, 15) is 14.0 Å². The topological polar surface area (TPSA) is 88.9 Å². The van der Waals surface area contributed by atoms with Crippen molar-refractivity contribution in [1.29, 1.82) is 0 Å². The number of pyridine rings is 1. The van der Waals surface area contributed by atoms with Crippen LogP contribution in [0.1, 0.15) is 25.5 Å². The van der Waals surface area contributed by atoms with Gasteiger partial charge in [-0.3, -0.25) is 9.59 Å². The van der Waals surface area contributed by atoms with Crippen molar-refractivity contribution in [3.05, 3.63) is 54.1 Å². The average Bonchev–Trinajstić information content (AvgIpc) is 3.03. The summed E-state index contributed by atoms with van der Waals surface area (Å²) in [6, 6.07) is 7.75. The molecule has 2 heterocycles. The molecule has 0 spiro atoms. The number of hydrogen-bond donors (Lipinski definition) is 2. The molecule has 8 heteroatoms. The molecule has 0 radical (unpaired) electrons. The Balaban J connectivity index is 1.54. The summed E-state index contributed by atoms with van der Waals surface area (Å²) in [5.41, 5.74) is 1.81. The fourth-order valence-electron chi connectivity index (χ4n) is 2.67. The van der Waals surface area contributed by atoms with E-state index in [1.807, 2.05) is 13.8 Å². The van der Waals surface area contributed by atoms with Gasteiger partial charge in [0.2, 0.25) is 11.8 Å². The summed E-state index contributed by atoms with van der Waals surface area (Å²) in [4.78, 5) is 28.3. The molecule has 0 unspecified atom stereocenters. The third kappa shape index (κ3) is 4.66. The smallest absolute Gasteiger partial charge is 0.243 e. The Labute approximate surface area is 155 Å². The SMILES string of the molecule is CC(C)n1ncc2cc(NC(=O)CNC(=O)Cc3cccc(F)c3)cnc21. The predicted octanol–water partition coefficient (Wildman–Crippen LogP) is 2.45. The normalized spacial score (nSPS) is 11.0. The van der Waals surface area contributed by atoms with Crippen LogP contribution >= 0.6 is 0 Å². The molecule has 7 nitrogen and oxygen atoms in total. The molecule has 0 aliphatic carbocycles. The highest BCUT2D eigenvalue weighted by Gasteiger charge is 2.10. The van der Waals surface area contributed by atoms with Crippen LogP contribution in [0.2, 0.25) is 0 Å². The summed E-state index contributed by atoms with van der Waals surface area (Å²) < 4.78 is 14.9. The second-order valence-corrected chi connectivity index (χ2v) is 6.45. The molecule has 2 aromatic heterocycles. The molecule has 0 bridgehead atoms. The molecule has 0 fully saturated rings. The summed E-state index contributed by atoms with van der Waals surface area (Å²) in [6.45, 7) is 3.84. The van der Waals surface area contributed by atoms with Gasteiger partial charge < -0.3 is 10.6 Å². The zero-order valence-corrected chi connectivity index (χ0v) is 15.1. The minimum atomic E-state index is -0.401. The number of benzene rings is 1. The van der Waals surface area contributed by atoms with Crippen LogP contribution < -0.4 is 10.6 Å². The van der Waals surface area contributed by atoms with Gasteiger partial charge in [-0.05, 0) is 37.6 Å². The first-order valence-electron chi connectivity index (χ1n) is 8.56. The number of halogens is 1. The number of rotatable bonds is 6. The van der Waals surface area contributed by atoms with E-state index in [-0.39, 0.29) is 30.8 Å². The van der Waals surface area contributed by atoms with Crippen LogP contribution in [0.4, 0.5) is 10.1 Å². The second-order valence-electron chi connectivity index (χ2n) is 6.45. The lowest BCUT2D eigenvalue weighted by atomic mass is 10.1. The molecule has 3 rings (SSSR count). The van der Waals surface area contributed by atoms with Crippen LogP contribution in [-0.4, -0.2) is 33.1 Å². The minimum Gasteiger partial charge on any atom is -0.347 e. The Morgan fingerprint density at radius 2 is 2.00 bits per heavy atom. The molecule has 3 aromatic rings.